The molecule has 20 heavy (non-hydrogen) atoms. The van der Waals surface area contributed by atoms with Gasteiger partial charge in [-0.05, 0) is 52.7 Å². The van der Waals surface area contributed by atoms with Gasteiger partial charge in [0.2, 0.25) is 0 Å². The van der Waals surface area contributed by atoms with E-state index in [2.05, 4.69) is 21.2 Å². The Bertz CT molecular complexity index is 616. The van der Waals surface area contributed by atoms with Crippen molar-refractivity contribution in [2.75, 3.05) is 7.05 Å². The lowest BCUT2D eigenvalue weighted by atomic mass is 9.98. The number of hydrogen-bond donors (Lipinski definition) is 1. The zero-order valence-electron chi connectivity index (χ0n) is 10.8. The van der Waals surface area contributed by atoms with Crippen LogP contribution in [0.15, 0.2) is 40.9 Å². The molecule has 1 unspecified atom stereocenters. The van der Waals surface area contributed by atoms with E-state index >= 15 is 0 Å². The fourth-order valence-electron chi connectivity index (χ4n) is 2.06. The predicted molar refractivity (Wildman–Crippen MR) is 76.0 cm³/mol. The Balaban J connectivity index is 2.31. The third-order valence-corrected chi connectivity index (χ3v) is 3.98. The van der Waals surface area contributed by atoms with E-state index in [1.165, 1.54) is 18.2 Å². The van der Waals surface area contributed by atoms with Crippen LogP contribution in [0.4, 0.5) is 13.2 Å². The van der Waals surface area contributed by atoms with Crippen molar-refractivity contribution in [3.63, 3.8) is 0 Å². The van der Waals surface area contributed by atoms with Gasteiger partial charge in [-0.2, -0.15) is 0 Å². The molecule has 0 heterocycles. The molecule has 1 N–H and O–H groups in total. The van der Waals surface area contributed by atoms with E-state index in [-0.39, 0.29) is 11.9 Å². The maximum absolute atomic E-state index is 13.7. The number of rotatable bonds is 4. The molecule has 2 aromatic carbocycles. The summed E-state index contributed by atoms with van der Waals surface area (Å²) in [6, 6.07) is 7.89. The second-order valence-corrected chi connectivity index (χ2v) is 5.22. The molecule has 0 radical (unpaired) electrons. The SMILES string of the molecule is CNC(Cc1ccc(F)cc1F)c1cccc(F)c1Br. The van der Waals surface area contributed by atoms with E-state index in [0.717, 1.165) is 6.07 Å². The van der Waals surface area contributed by atoms with Crippen molar-refractivity contribution in [3.8, 4) is 0 Å². The van der Waals surface area contributed by atoms with Crippen molar-refractivity contribution in [1.82, 2.24) is 5.32 Å². The fourth-order valence-corrected chi connectivity index (χ4v) is 2.60. The van der Waals surface area contributed by atoms with Crippen LogP contribution in [0.2, 0.25) is 0 Å². The van der Waals surface area contributed by atoms with Crippen LogP contribution in [0.3, 0.4) is 0 Å². The first-order chi connectivity index (χ1) is 9.52. The van der Waals surface area contributed by atoms with Crippen LogP contribution in [0.25, 0.3) is 0 Å². The highest BCUT2D eigenvalue weighted by Gasteiger charge is 2.17. The van der Waals surface area contributed by atoms with E-state index < -0.39 is 11.6 Å². The molecular weight excluding hydrogens is 331 g/mol. The third kappa shape index (κ3) is 3.22. The van der Waals surface area contributed by atoms with E-state index in [0.29, 0.717) is 22.0 Å². The molecule has 2 aromatic rings. The maximum atomic E-state index is 13.7. The molecule has 0 spiro atoms. The number of halogens is 4. The molecule has 0 aromatic heterocycles. The van der Waals surface area contributed by atoms with E-state index in [1.807, 2.05) is 0 Å². The summed E-state index contributed by atoms with van der Waals surface area (Å²) >= 11 is 3.20. The van der Waals surface area contributed by atoms with Crippen molar-refractivity contribution in [3.05, 3.63) is 69.4 Å². The molecule has 0 saturated carbocycles. The van der Waals surface area contributed by atoms with E-state index in [4.69, 9.17) is 0 Å². The molecule has 0 saturated heterocycles. The zero-order valence-corrected chi connectivity index (χ0v) is 12.3. The van der Waals surface area contributed by atoms with Crippen molar-refractivity contribution in [2.24, 2.45) is 0 Å². The van der Waals surface area contributed by atoms with Gasteiger partial charge in [0.1, 0.15) is 17.5 Å². The number of hydrogen-bond acceptors (Lipinski definition) is 1. The molecule has 0 aliphatic rings. The molecule has 1 nitrogen and oxygen atoms in total. The Morgan fingerprint density at radius 2 is 1.85 bits per heavy atom. The van der Waals surface area contributed by atoms with Crippen LogP contribution in [0.1, 0.15) is 17.2 Å². The number of benzene rings is 2. The van der Waals surface area contributed by atoms with Gasteiger partial charge in [-0.15, -0.1) is 0 Å². The van der Waals surface area contributed by atoms with Gasteiger partial charge in [-0.3, -0.25) is 0 Å². The second kappa shape index (κ2) is 6.41. The molecule has 1 atom stereocenters. The second-order valence-electron chi connectivity index (χ2n) is 4.42. The quantitative estimate of drug-likeness (QED) is 0.869. The summed E-state index contributed by atoms with van der Waals surface area (Å²) in [5, 5.41) is 3.02. The largest absolute Gasteiger partial charge is 0.313 e. The lowest BCUT2D eigenvalue weighted by molar-refractivity contribution is 0.535. The molecule has 5 heteroatoms. The van der Waals surface area contributed by atoms with Crippen molar-refractivity contribution in [1.29, 1.82) is 0 Å². The Morgan fingerprint density at radius 3 is 2.50 bits per heavy atom. The topological polar surface area (TPSA) is 12.0 Å². The van der Waals surface area contributed by atoms with Gasteiger partial charge in [0.25, 0.3) is 0 Å². The van der Waals surface area contributed by atoms with Crippen molar-refractivity contribution >= 4 is 15.9 Å². The molecular formula is C15H13BrF3N. The van der Waals surface area contributed by atoms with Gasteiger partial charge in [0.05, 0.1) is 4.47 Å². The Hall–Kier alpha value is -1.33. The summed E-state index contributed by atoms with van der Waals surface area (Å²) in [6.45, 7) is 0. The average molecular weight is 344 g/mol. The molecule has 0 aliphatic carbocycles. The minimum atomic E-state index is -0.612. The summed E-state index contributed by atoms with van der Waals surface area (Å²) in [7, 11) is 1.71. The van der Waals surface area contributed by atoms with Crippen LogP contribution in [-0.4, -0.2) is 7.05 Å². The van der Waals surface area contributed by atoms with E-state index in [9.17, 15) is 13.2 Å². The predicted octanol–water partition coefficient (Wildman–Crippen LogP) is 4.37. The first-order valence-electron chi connectivity index (χ1n) is 6.08. The smallest absolute Gasteiger partial charge is 0.137 e. The van der Waals surface area contributed by atoms with Crippen LogP contribution >= 0.6 is 15.9 Å². The molecule has 0 bridgehead atoms. The highest BCUT2D eigenvalue weighted by molar-refractivity contribution is 9.10. The molecule has 0 aliphatic heterocycles. The van der Waals surface area contributed by atoms with Crippen LogP contribution < -0.4 is 5.32 Å². The summed E-state index contributed by atoms with van der Waals surface area (Å²) in [5.41, 5.74) is 1.07. The highest BCUT2D eigenvalue weighted by atomic mass is 79.9. The molecule has 106 valence electrons. The minimum Gasteiger partial charge on any atom is -0.313 e. The summed E-state index contributed by atoms with van der Waals surface area (Å²) in [6.07, 6.45) is 0.296. The third-order valence-electron chi connectivity index (χ3n) is 3.14. The Kier molecular flexibility index (Phi) is 4.83. The van der Waals surface area contributed by atoms with Gasteiger partial charge in [0.15, 0.2) is 0 Å². The van der Waals surface area contributed by atoms with E-state index in [1.54, 1.807) is 19.2 Å². The zero-order chi connectivity index (χ0) is 14.7. The van der Waals surface area contributed by atoms with Gasteiger partial charge in [-0.1, -0.05) is 18.2 Å². The summed E-state index contributed by atoms with van der Waals surface area (Å²) < 4.78 is 40.5. The van der Waals surface area contributed by atoms with Crippen LogP contribution in [-0.2, 0) is 6.42 Å². The van der Waals surface area contributed by atoms with Crippen molar-refractivity contribution in [2.45, 2.75) is 12.5 Å². The fraction of sp³-hybridized carbons (Fsp3) is 0.200. The number of nitrogens with one attached hydrogen (secondary N) is 1. The lowest BCUT2D eigenvalue weighted by Gasteiger charge is -2.19. The van der Waals surface area contributed by atoms with Gasteiger partial charge in [0, 0.05) is 12.1 Å². The van der Waals surface area contributed by atoms with Gasteiger partial charge < -0.3 is 5.32 Å². The Labute approximate surface area is 123 Å². The summed E-state index contributed by atoms with van der Waals surface area (Å²) in [5.74, 6) is -1.58. The minimum absolute atomic E-state index is 0.278. The molecule has 0 fully saturated rings. The lowest BCUT2D eigenvalue weighted by Crippen LogP contribution is -2.20. The Morgan fingerprint density at radius 1 is 1.10 bits per heavy atom. The van der Waals surface area contributed by atoms with Gasteiger partial charge in [-0.25, -0.2) is 13.2 Å². The highest BCUT2D eigenvalue weighted by Crippen LogP contribution is 2.28. The maximum Gasteiger partial charge on any atom is 0.137 e. The first-order valence-corrected chi connectivity index (χ1v) is 6.87. The molecule has 0 amide bonds. The van der Waals surface area contributed by atoms with Crippen molar-refractivity contribution < 1.29 is 13.2 Å². The standard InChI is InChI=1S/C15H13BrF3N/c1-20-14(11-3-2-4-12(18)15(11)16)7-9-5-6-10(17)8-13(9)19/h2-6,8,14,20H,7H2,1H3. The van der Waals surface area contributed by atoms with Gasteiger partial charge >= 0.3 is 0 Å². The first kappa shape index (κ1) is 15.1. The summed E-state index contributed by atoms with van der Waals surface area (Å²) in [4.78, 5) is 0. The van der Waals surface area contributed by atoms with Crippen LogP contribution in [0, 0.1) is 17.5 Å². The normalized spacial score (nSPS) is 12.4. The van der Waals surface area contributed by atoms with Crippen LogP contribution in [0.5, 0.6) is 0 Å². The number of likely N-dealkylation sites (N-methyl/N-ethyl adjacent to an activating group) is 1. The molecule has 2 rings (SSSR count). The average Bonchev–Trinajstić information content (AvgIpc) is 2.42. The monoisotopic (exact) mass is 343 g/mol.